The molecular weight excluding hydrogens is 262 g/mol. The molecule has 0 unspecified atom stereocenters. The highest BCUT2D eigenvalue weighted by molar-refractivity contribution is 5.82. The van der Waals surface area contributed by atoms with Crippen LogP contribution in [0.3, 0.4) is 0 Å². The van der Waals surface area contributed by atoms with Crippen molar-refractivity contribution in [3.8, 4) is 0 Å². The van der Waals surface area contributed by atoms with Crippen LogP contribution < -0.4 is 5.32 Å². The average Bonchev–Trinajstić information content (AvgIpc) is 2.29. The fourth-order valence-corrected chi connectivity index (χ4v) is 1.40. The molecule has 0 aromatic rings. The van der Waals surface area contributed by atoms with Crippen molar-refractivity contribution in [2.24, 2.45) is 0 Å². The van der Waals surface area contributed by atoms with Gasteiger partial charge in [0.2, 0.25) is 0 Å². The second-order valence-corrected chi connectivity index (χ2v) is 5.44. The third kappa shape index (κ3) is 9.13. The van der Waals surface area contributed by atoms with Crippen LogP contribution in [0.4, 0.5) is 4.79 Å². The van der Waals surface area contributed by atoms with E-state index in [0.717, 1.165) is 0 Å². The van der Waals surface area contributed by atoms with E-state index in [4.69, 9.17) is 9.84 Å². The number of carboxylic acid groups (broad SMARTS) is 1. The van der Waals surface area contributed by atoms with Gasteiger partial charge >= 0.3 is 12.1 Å². The number of hydrogen-bond donors (Lipinski definition) is 2. The number of ether oxygens (including phenoxy) is 1. The minimum absolute atomic E-state index is 0.0462. The van der Waals surface area contributed by atoms with Gasteiger partial charge in [0.1, 0.15) is 17.4 Å². The maximum absolute atomic E-state index is 11.5. The lowest BCUT2D eigenvalue weighted by Gasteiger charge is -2.21. The Labute approximate surface area is 119 Å². The fraction of sp³-hybridized carbons (Fsp3) is 0.643. The first kappa shape index (κ1) is 18.1. The minimum Gasteiger partial charge on any atom is -0.480 e. The van der Waals surface area contributed by atoms with Crippen molar-refractivity contribution >= 4 is 17.8 Å². The number of hydrogen-bond acceptors (Lipinski definition) is 4. The van der Waals surface area contributed by atoms with Gasteiger partial charge < -0.3 is 15.2 Å². The summed E-state index contributed by atoms with van der Waals surface area (Å²) in [5.74, 6) is -1.24. The molecule has 0 saturated heterocycles. The van der Waals surface area contributed by atoms with E-state index in [9.17, 15) is 14.4 Å². The molecule has 0 aliphatic rings. The number of aliphatic carboxylic acids is 1. The van der Waals surface area contributed by atoms with Crippen LogP contribution >= 0.6 is 0 Å². The molecule has 0 spiro atoms. The molecule has 20 heavy (non-hydrogen) atoms. The Kier molecular flexibility index (Phi) is 7.57. The largest absolute Gasteiger partial charge is 0.480 e. The van der Waals surface area contributed by atoms with Crippen molar-refractivity contribution < 1.29 is 24.2 Å². The molecule has 6 heteroatoms. The van der Waals surface area contributed by atoms with Crippen LogP contribution in [0.25, 0.3) is 0 Å². The van der Waals surface area contributed by atoms with Crippen LogP contribution in [0.5, 0.6) is 0 Å². The highest BCUT2D eigenvalue weighted by Crippen LogP contribution is 2.08. The highest BCUT2D eigenvalue weighted by atomic mass is 16.6. The lowest BCUT2D eigenvalue weighted by molar-refractivity contribution is -0.139. The summed E-state index contributed by atoms with van der Waals surface area (Å²) in [5.41, 5.74) is -0.701. The summed E-state index contributed by atoms with van der Waals surface area (Å²) in [6, 6.07) is -1.13. The van der Waals surface area contributed by atoms with Crippen LogP contribution in [-0.2, 0) is 14.3 Å². The number of nitrogens with one attached hydrogen (secondary N) is 1. The molecule has 0 aliphatic heterocycles. The zero-order valence-corrected chi connectivity index (χ0v) is 12.3. The Morgan fingerprint density at radius 3 is 2.35 bits per heavy atom. The standard InChI is InChI=1S/C14H23NO5/c1-5-6-7-10(16)8-9-11(12(17)18)15-13(19)20-14(2,3)4/h5,11H,1,6-9H2,2-4H3,(H,15,19)(H,17,18)/t11-/m0/s1. The molecule has 0 aromatic carbocycles. The molecular formula is C14H23NO5. The SMILES string of the molecule is C=CCCC(=O)CC[C@H](NC(=O)OC(C)(C)C)C(=O)O. The van der Waals surface area contributed by atoms with Crippen LogP contribution in [0.15, 0.2) is 12.7 Å². The van der Waals surface area contributed by atoms with Crippen LogP contribution in [-0.4, -0.2) is 34.6 Å². The Morgan fingerprint density at radius 1 is 1.30 bits per heavy atom. The maximum Gasteiger partial charge on any atom is 0.408 e. The van der Waals surface area contributed by atoms with E-state index in [1.165, 1.54) is 0 Å². The van der Waals surface area contributed by atoms with Gasteiger partial charge in [-0.25, -0.2) is 9.59 Å². The Bertz CT molecular complexity index is 370. The van der Waals surface area contributed by atoms with Crippen LogP contribution in [0, 0.1) is 0 Å². The first-order valence-corrected chi connectivity index (χ1v) is 6.50. The molecule has 1 amide bonds. The first-order valence-electron chi connectivity index (χ1n) is 6.50. The van der Waals surface area contributed by atoms with E-state index in [1.54, 1.807) is 26.8 Å². The first-order chi connectivity index (χ1) is 9.15. The number of Topliss-reactive ketones (excluding diaryl/α,β-unsaturated/α-hetero) is 1. The number of ketones is 1. The average molecular weight is 285 g/mol. The quantitative estimate of drug-likeness (QED) is 0.667. The predicted molar refractivity (Wildman–Crippen MR) is 74.5 cm³/mol. The lowest BCUT2D eigenvalue weighted by atomic mass is 10.1. The fourth-order valence-electron chi connectivity index (χ4n) is 1.40. The van der Waals surface area contributed by atoms with Gasteiger partial charge in [-0.2, -0.15) is 0 Å². The topological polar surface area (TPSA) is 92.7 Å². The molecule has 0 saturated carbocycles. The summed E-state index contributed by atoms with van der Waals surface area (Å²) < 4.78 is 4.98. The van der Waals surface area contributed by atoms with Crippen molar-refractivity contribution in [2.75, 3.05) is 0 Å². The van der Waals surface area contributed by atoms with Crippen molar-refractivity contribution in [1.82, 2.24) is 5.32 Å². The van der Waals surface area contributed by atoms with E-state index in [1.807, 2.05) is 0 Å². The van der Waals surface area contributed by atoms with Gasteiger partial charge in [-0.3, -0.25) is 4.79 Å². The van der Waals surface area contributed by atoms with Crippen molar-refractivity contribution in [3.63, 3.8) is 0 Å². The van der Waals surface area contributed by atoms with Gasteiger partial charge in [-0.15, -0.1) is 6.58 Å². The monoisotopic (exact) mass is 285 g/mol. The van der Waals surface area contributed by atoms with E-state index in [2.05, 4.69) is 11.9 Å². The third-order valence-electron chi connectivity index (χ3n) is 2.33. The molecule has 0 radical (unpaired) electrons. The second kappa shape index (κ2) is 8.35. The molecule has 0 rings (SSSR count). The predicted octanol–water partition coefficient (Wildman–Crippen LogP) is 2.28. The maximum atomic E-state index is 11.5. The summed E-state index contributed by atoms with van der Waals surface area (Å²) in [5, 5.41) is 11.3. The number of carboxylic acids is 1. The highest BCUT2D eigenvalue weighted by Gasteiger charge is 2.24. The van der Waals surface area contributed by atoms with Crippen molar-refractivity contribution in [2.45, 2.75) is 58.1 Å². The number of allylic oxidation sites excluding steroid dienone is 1. The summed E-state index contributed by atoms with van der Waals surface area (Å²) in [6.07, 6.45) is 1.87. The number of carbonyl (C=O) groups is 3. The molecule has 0 aliphatic carbocycles. The third-order valence-corrected chi connectivity index (χ3v) is 2.33. The van der Waals surface area contributed by atoms with E-state index in [-0.39, 0.29) is 18.6 Å². The van der Waals surface area contributed by atoms with E-state index >= 15 is 0 Å². The number of amides is 1. The van der Waals surface area contributed by atoms with Gasteiger partial charge in [0.05, 0.1) is 0 Å². The van der Waals surface area contributed by atoms with Gasteiger partial charge in [-0.05, 0) is 33.6 Å². The molecule has 114 valence electrons. The van der Waals surface area contributed by atoms with Crippen molar-refractivity contribution in [3.05, 3.63) is 12.7 Å². The summed E-state index contributed by atoms with van der Waals surface area (Å²) in [6.45, 7) is 8.55. The van der Waals surface area contributed by atoms with Crippen LogP contribution in [0.2, 0.25) is 0 Å². The van der Waals surface area contributed by atoms with Gasteiger partial charge in [-0.1, -0.05) is 6.08 Å². The van der Waals surface area contributed by atoms with E-state index in [0.29, 0.717) is 12.8 Å². The number of carbonyl (C=O) groups excluding carboxylic acids is 2. The van der Waals surface area contributed by atoms with Gasteiger partial charge in [0.15, 0.2) is 0 Å². The normalized spacial score (nSPS) is 12.3. The molecule has 6 nitrogen and oxygen atoms in total. The summed E-state index contributed by atoms with van der Waals surface area (Å²) in [4.78, 5) is 34.0. The second-order valence-electron chi connectivity index (χ2n) is 5.44. The Hall–Kier alpha value is -1.85. The van der Waals surface area contributed by atoms with Gasteiger partial charge in [0, 0.05) is 12.8 Å². The molecule has 1 atom stereocenters. The van der Waals surface area contributed by atoms with E-state index < -0.39 is 23.7 Å². The molecule has 0 heterocycles. The Morgan fingerprint density at radius 2 is 1.90 bits per heavy atom. The zero-order chi connectivity index (χ0) is 15.8. The summed E-state index contributed by atoms with van der Waals surface area (Å²) >= 11 is 0. The Balaban J connectivity index is 4.30. The summed E-state index contributed by atoms with van der Waals surface area (Å²) in [7, 11) is 0. The van der Waals surface area contributed by atoms with Crippen molar-refractivity contribution in [1.29, 1.82) is 0 Å². The van der Waals surface area contributed by atoms with Crippen LogP contribution in [0.1, 0.15) is 46.5 Å². The molecule has 0 aromatic heterocycles. The zero-order valence-electron chi connectivity index (χ0n) is 12.3. The minimum atomic E-state index is -1.19. The smallest absolute Gasteiger partial charge is 0.408 e. The number of alkyl carbamates (subject to hydrolysis) is 1. The molecule has 0 fully saturated rings. The lowest BCUT2D eigenvalue weighted by Crippen LogP contribution is -2.43. The van der Waals surface area contributed by atoms with Gasteiger partial charge in [0.25, 0.3) is 0 Å². The molecule has 0 bridgehead atoms. The number of rotatable bonds is 8. The molecule has 2 N–H and O–H groups in total.